The van der Waals surface area contributed by atoms with Crippen molar-refractivity contribution >= 4 is 23.5 Å². The summed E-state index contributed by atoms with van der Waals surface area (Å²) in [6.07, 6.45) is 2.07. The fourth-order valence-corrected chi connectivity index (χ4v) is 3.00. The van der Waals surface area contributed by atoms with E-state index in [1.54, 1.807) is 24.3 Å². The van der Waals surface area contributed by atoms with Crippen molar-refractivity contribution in [3.63, 3.8) is 0 Å². The Morgan fingerprint density at radius 2 is 2.05 bits per heavy atom. The van der Waals surface area contributed by atoms with Gasteiger partial charge in [0.15, 0.2) is 0 Å². The number of benzene rings is 1. The van der Waals surface area contributed by atoms with E-state index >= 15 is 0 Å². The monoisotopic (exact) mass is 309 g/mol. The number of rotatable bonds is 4. The van der Waals surface area contributed by atoms with E-state index in [0.29, 0.717) is 17.1 Å². The molecular weight excluding hydrogens is 290 g/mol. The van der Waals surface area contributed by atoms with Crippen molar-refractivity contribution in [1.29, 1.82) is 0 Å². The molecule has 1 fully saturated rings. The zero-order valence-electron chi connectivity index (χ0n) is 12.1. The molecular formula is C16H20ClNO3. The van der Waals surface area contributed by atoms with Crippen LogP contribution in [0.3, 0.4) is 0 Å². The van der Waals surface area contributed by atoms with Gasteiger partial charge in [-0.15, -0.1) is 0 Å². The SMILES string of the molecule is CC(CC(=O)O)C1CCCN(C(=O)c2ccc(Cl)cc2)C1. The van der Waals surface area contributed by atoms with Gasteiger partial charge in [-0.05, 0) is 48.9 Å². The Balaban J connectivity index is 2.01. The molecule has 1 aliphatic heterocycles. The number of nitrogens with zero attached hydrogens (tertiary/aromatic N) is 1. The van der Waals surface area contributed by atoms with Gasteiger partial charge in [-0.3, -0.25) is 9.59 Å². The highest BCUT2D eigenvalue weighted by molar-refractivity contribution is 6.30. The lowest BCUT2D eigenvalue weighted by Gasteiger charge is -2.35. The lowest BCUT2D eigenvalue weighted by molar-refractivity contribution is -0.138. The van der Waals surface area contributed by atoms with Gasteiger partial charge in [0, 0.05) is 30.1 Å². The Morgan fingerprint density at radius 3 is 2.67 bits per heavy atom. The minimum absolute atomic E-state index is 0.00103. The van der Waals surface area contributed by atoms with Crippen LogP contribution in [0.25, 0.3) is 0 Å². The predicted molar refractivity (Wildman–Crippen MR) is 81.5 cm³/mol. The number of hydrogen-bond acceptors (Lipinski definition) is 2. The summed E-state index contributed by atoms with van der Waals surface area (Å²) in [6.45, 7) is 3.32. The molecule has 0 aliphatic carbocycles. The molecule has 1 aromatic rings. The third-order valence-electron chi connectivity index (χ3n) is 4.14. The van der Waals surface area contributed by atoms with E-state index in [1.807, 2.05) is 11.8 Å². The van der Waals surface area contributed by atoms with Crippen molar-refractivity contribution < 1.29 is 14.7 Å². The summed E-state index contributed by atoms with van der Waals surface area (Å²) < 4.78 is 0. The van der Waals surface area contributed by atoms with Crippen molar-refractivity contribution in [3.8, 4) is 0 Å². The highest BCUT2D eigenvalue weighted by atomic mass is 35.5. The third kappa shape index (κ3) is 4.21. The molecule has 2 rings (SSSR count). The topological polar surface area (TPSA) is 57.6 Å². The first-order valence-corrected chi connectivity index (χ1v) is 7.62. The number of hydrogen-bond donors (Lipinski definition) is 1. The van der Waals surface area contributed by atoms with Crippen LogP contribution in [0.4, 0.5) is 0 Å². The second-order valence-corrected chi connectivity index (χ2v) is 6.17. The Hall–Kier alpha value is -1.55. The second kappa shape index (κ2) is 6.94. The van der Waals surface area contributed by atoms with Gasteiger partial charge >= 0.3 is 5.97 Å². The fourth-order valence-electron chi connectivity index (χ4n) is 2.88. The van der Waals surface area contributed by atoms with E-state index in [2.05, 4.69) is 0 Å². The fraction of sp³-hybridized carbons (Fsp3) is 0.500. The van der Waals surface area contributed by atoms with E-state index in [0.717, 1.165) is 19.4 Å². The first-order chi connectivity index (χ1) is 9.97. The number of carboxylic acids is 1. The van der Waals surface area contributed by atoms with Gasteiger partial charge in [-0.25, -0.2) is 0 Å². The minimum Gasteiger partial charge on any atom is -0.481 e. The van der Waals surface area contributed by atoms with Crippen molar-refractivity contribution in [2.45, 2.75) is 26.2 Å². The molecule has 1 heterocycles. The zero-order chi connectivity index (χ0) is 15.4. The van der Waals surface area contributed by atoms with Crippen LogP contribution in [-0.2, 0) is 4.79 Å². The van der Waals surface area contributed by atoms with E-state index < -0.39 is 5.97 Å². The second-order valence-electron chi connectivity index (χ2n) is 5.74. The lowest BCUT2D eigenvalue weighted by atomic mass is 9.84. The van der Waals surface area contributed by atoms with E-state index in [1.165, 1.54) is 0 Å². The van der Waals surface area contributed by atoms with Crippen LogP contribution in [0.5, 0.6) is 0 Å². The van der Waals surface area contributed by atoms with Crippen molar-refractivity contribution in [2.75, 3.05) is 13.1 Å². The molecule has 0 spiro atoms. The molecule has 1 aromatic carbocycles. The zero-order valence-corrected chi connectivity index (χ0v) is 12.8. The molecule has 2 unspecified atom stereocenters. The number of aliphatic carboxylic acids is 1. The highest BCUT2D eigenvalue weighted by Crippen LogP contribution is 2.27. The lowest BCUT2D eigenvalue weighted by Crippen LogP contribution is -2.42. The van der Waals surface area contributed by atoms with Crippen molar-refractivity contribution in [2.24, 2.45) is 11.8 Å². The van der Waals surface area contributed by atoms with Crippen LogP contribution in [0.2, 0.25) is 5.02 Å². The van der Waals surface area contributed by atoms with Crippen LogP contribution in [0.1, 0.15) is 36.5 Å². The molecule has 1 saturated heterocycles. The average molecular weight is 310 g/mol. The quantitative estimate of drug-likeness (QED) is 0.928. The number of carbonyl (C=O) groups is 2. The van der Waals surface area contributed by atoms with Gasteiger partial charge in [0.25, 0.3) is 5.91 Å². The molecule has 0 saturated carbocycles. The highest BCUT2D eigenvalue weighted by Gasteiger charge is 2.28. The van der Waals surface area contributed by atoms with Crippen LogP contribution in [-0.4, -0.2) is 35.0 Å². The Labute approximate surface area is 129 Å². The summed E-state index contributed by atoms with van der Waals surface area (Å²) in [6, 6.07) is 6.89. The Bertz CT molecular complexity index is 515. The molecule has 1 aliphatic rings. The maximum absolute atomic E-state index is 12.5. The molecule has 5 heteroatoms. The molecule has 4 nitrogen and oxygen atoms in total. The summed E-state index contributed by atoms with van der Waals surface area (Å²) in [5, 5.41) is 9.51. The van der Waals surface area contributed by atoms with Gasteiger partial charge in [0.1, 0.15) is 0 Å². The summed E-state index contributed by atoms with van der Waals surface area (Å²) >= 11 is 5.83. The smallest absolute Gasteiger partial charge is 0.303 e. The molecule has 0 bridgehead atoms. The van der Waals surface area contributed by atoms with E-state index in [9.17, 15) is 9.59 Å². The van der Waals surface area contributed by atoms with Crippen LogP contribution in [0.15, 0.2) is 24.3 Å². The molecule has 2 atom stereocenters. The van der Waals surface area contributed by atoms with Gasteiger partial charge in [-0.1, -0.05) is 18.5 Å². The molecule has 1 amide bonds. The Morgan fingerprint density at radius 1 is 1.38 bits per heavy atom. The normalized spacial score (nSPS) is 20.1. The number of carboxylic acid groups (broad SMARTS) is 1. The van der Waals surface area contributed by atoms with Crippen LogP contribution >= 0.6 is 11.6 Å². The first-order valence-electron chi connectivity index (χ1n) is 7.24. The minimum atomic E-state index is -0.774. The summed E-state index contributed by atoms with van der Waals surface area (Å²) in [4.78, 5) is 25.1. The maximum Gasteiger partial charge on any atom is 0.303 e. The molecule has 0 radical (unpaired) electrons. The van der Waals surface area contributed by atoms with Crippen LogP contribution < -0.4 is 0 Å². The Kier molecular flexibility index (Phi) is 5.23. The van der Waals surface area contributed by atoms with E-state index in [4.69, 9.17) is 16.7 Å². The van der Waals surface area contributed by atoms with Crippen LogP contribution in [0, 0.1) is 11.8 Å². The largest absolute Gasteiger partial charge is 0.481 e. The predicted octanol–water partition coefficient (Wildman–Crippen LogP) is 3.30. The maximum atomic E-state index is 12.5. The molecule has 0 aromatic heterocycles. The average Bonchev–Trinajstić information content (AvgIpc) is 2.47. The van der Waals surface area contributed by atoms with Crippen molar-refractivity contribution in [3.05, 3.63) is 34.9 Å². The number of amides is 1. The van der Waals surface area contributed by atoms with E-state index in [-0.39, 0.29) is 24.2 Å². The molecule has 114 valence electrons. The van der Waals surface area contributed by atoms with Crippen molar-refractivity contribution in [1.82, 2.24) is 4.90 Å². The third-order valence-corrected chi connectivity index (χ3v) is 4.39. The number of halogens is 1. The van der Waals surface area contributed by atoms with Gasteiger partial charge in [0.2, 0.25) is 0 Å². The number of carbonyl (C=O) groups excluding carboxylic acids is 1. The number of likely N-dealkylation sites (tertiary alicyclic amines) is 1. The molecule has 21 heavy (non-hydrogen) atoms. The van der Waals surface area contributed by atoms with Gasteiger partial charge in [0.05, 0.1) is 0 Å². The molecule has 1 N–H and O–H groups in total. The number of piperidine rings is 1. The standard InChI is InChI=1S/C16H20ClNO3/c1-11(9-15(19)20)13-3-2-8-18(10-13)16(21)12-4-6-14(17)7-5-12/h4-7,11,13H,2-3,8-10H2,1H3,(H,19,20). The summed E-state index contributed by atoms with van der Waals surface area (Å²) in [5.41, 5.74) is 0.630. The summed E-state index contributed by atoms with van der Waals surface area (Å²) in [7, 11) is 0. The summed E-state index contributed by atoms with van der Waals surface area (Å²) in [5.74, 6) is -0.433. The first kappa shape index (κ1) is 15.8. The van der Waals surface area contributed by atoms with Gasteiger partial charge < -0.3 is 10.0 Å². The van der Waals surface area contributed by atoms with Gasteiger partial charge in [-0.2, -0.15) is 0 Å².